The summed E-state index contributed by atoms with van der Waals surface area (Å²) in [4.78, 5) is 11.7. The maximum absolute atomic E-state index is 11.7. The van der Waals surface area contributed by atoms with Crippen molar-refractivity contribution in [3.63, 3.8) is 0 Å². The first-order valence-corrected chi connectivity index (χ1v) is 6.85. The van der Waals surface area contributed by atoms with Crippen LogP contribution in [0.15, 0.2) is 0 Å². The van der Waals surface area contributed by atoms with Gasteiger partial charge in [-0.1, -0.05) is 13.3 Å². The molecule has 0 aliphatic carbocycles. The van der Waals surface area contributed by atoms with Crippen LogP contribution in [0.5, 0.6) is 0 Å². The van der Waals surface area contributed by atoms with Crippen molar-refractivity contribution >= 4 is 5.97 Å². The Morgan fingerprint density at radius 3 is 2.63 bits per heavy atom. The third-order valence-corrected chi connectivity index (χ3v) is 2.71. The highest BCUT2D eigenvalue weighted by Crippen LogP contribution is 2.05. The topological polar surface area (TPSA) is 66.2 Å². The molecule has 0 saturated heterocycles. The lowest BCUT2D eigenvalue weighted by Crippen LogP contribution is -2.15. The van der Waals surface area contributed by atoms with E-state index in [1.54, 1.807) is 11.5 Å². The highest BCUT2D eigenvalue weighted by Gasteiger charge is 2.17. The molecule has 6 heteroatoms. The van der Waals surface area contributed by atoms with Crippen LogP contribution >= 0.6 is 0 Å². The SMILES string of the molecule is CCCCOCCCn1c(C)nnc1C(=O)OCC. The van der Waals surface area contributed by atoms with Crippen LogP contribution in [-0.2, 0) is 16.0 Å². The molecule has 0 N–H and O–H groups in total. The van der Waals surface area contributed by atoms with E-state index in [-0.39, 0.29) is 5.82 Å². The van der Waals surface area contributed by atoms with Crippen molar-refractivity contribution in [2.75, 3.05) is 19.8 Å². The third-order valence-electron chi connectivity index (χ3n) is 2.71. The van der Waals surface area contributed by atoms with Gasteiger partial charge in [-0.2, -0.15) is 0 Å². The van der Waals surface area contributed by atoms with E-state index in [0.29, 0.717) is 19.8 Å². The van der Waals surface area contributed by atoms with Crippen molar-refractivity contribution in [2.24, 2.45) is 0 Å². The average Bonchev–Trinajstić information content (AvgIpc) is 2.76. The molecule has 0 saturated carbocycles. The molecular formula is C13H23N3O3. The Bertz CT molecular complexity index is 390. The van der Waals surface area contributed by atoms with E-state index in [2.05, 4.69) is 17.1 Å². The Labute approximate surface area is 114 Å². The van der Waals surface area contributed by atoms with E-state index < -0.39 is 5.97 Å². The van der Waals surface area contributed by atoms with Crippen LogP contribution in [0.1, 0.15) is 49.6 Å². The van der Waals surface area contributed by atoms with Crippen LogP contribution in [0.25, 0.3) is 0 Å². The first kappa shape index (κ1) is 15.6. The maximum Gasteiger partial charge on any atom is 0.376 e. The lowest BCUT2D eigenvalue weighted by Gasteiger charge is -2.08. The number of ether oxygens (including phenoxy) is 2. The fourth-order valence-corrected chi connectivity index (χ4v) is 1.67. The molecular weight excluding hydrogens is 246 g/mol. The van der Waals surface area contributed by atoms with Crippen molar-refractivity contribution in [2.45, 2.75) is 46.6 Å². The number of aryl methyl sites for hydroxylation is 1. The van der Waals surface area contributed by atoms with Gasteiger partial charge in [0.25, 0.3) is 0 Å². The van der Waals surface area contributed by atoms with Crippen molar-refractivity contribution in [1.82, 2.24) is 14.8 Å². The Balaban J connectivity index is 2.44. The maximum atomic E-state index is 11.7. The van der Waals surface area contributed by atoms with Gasteiger partial charge >= 0.3 is 5.97 Å². The molecule has 1 aromatic rings. The summed E-state index contributed by atoms with van der Waals surface area (Å²) in [6.45, 7) is 8.21. The lowest BCUT2D eigenvalue weighted by molar-refractivity contribution is 0.0504. The van der Waals surface area contributed by atoms with Crippen LogP contribution in [-0.4, -0.2) is 40.6 Å². The fourth-order valence-electron chi connectivity index (χ4n) is 1.67. The molecule has 0 aromatic carbocycles. The predicted molar refractivity (Wildman–Crippen MR) is 71.1 cm³/mol. The summed E-state index contributed by atoms with van der Waals surface area (Å²) in [5.74, 6) is 0.569. The van der Waals surface area contributed by atoms with E-state index >= 15 is 0 Å². The molecule has 0 aliphatic rings. The van der Waals surface area contributed by atoms with Crippen LogP contribution in [0.2, 0.25) is 0 Å². The highest BCUT2D eigenvalue weighted by molar-refractivity contribution is 5.85. The quantitative estimate of drug-likeness (QED) is 0.506. The van der Waals surface area contributed by atoms with Crippen molar-refractivity contribution < 1.29 is 14.3 Å². The van der Waals surface area contributed by atoms with Gasteiger partial charge in [-0.15, -0.1) is 10.2 Å². The second-order valence-electron chi connectivity index (χ2n) is 4.26. The number of rotatable bonds is 9. The second kappa shape index (κ2) is 8.63. The predicted octanol–water partition coefficient (Wildman–Crippen LogP) is 1.97. The standard InChI is InChI=1S/C13H23N3O3/c1-4-6-9-18-10-7-8-16-11(3)14-15-12(16)13(17)19-5-2/h4-10H2,1-3H3. The Kier molecular flexibility index (Phi) is 7.10. The van der Waals surface area contributed by atoms with Gasteiger partial charge in [-0.05, 0) is 26.7 Å². The molecule has 0 unspecified atom stereocenters. The molecule has 0 aliphatic heterocycles. The molecule has 0 bridgehead atoms. The van der Waals surface area contributed by atoms with Crippen molar-refractivity contribution in [3.05, 3.63) is 11.6 Å². The molecule has 0 atom stereocenters. The number of hydrogen-bond donors (Lipinski definition) is 0. The van der Waals surface area contributed by atoms with Crippen molar-refractivity contribution in [1.29, 1.82) is 0 Å². The normalized spacial score (nSPS) is 10.7. The summed E-state index contributed by atoms with van der Waals surface area (Å²) in [6.07, 6.45) is 3.05. The number of carbonyl (C=O) groups is 1. The molecule has 1 rings (SSSR count). The Hall–Kier alpha value is -1.43. The highest BCUT2D eigenvalue weighted by atomic mass is 16.5. The first-order chi connectivity index (χ1) is 9.20. The van der Waals surface area contributed by atoms with E-state index in [0.717, 1.165) is 31.7 Å². The van der Waals surface area contributed by atoms with Gasteiger partial charge in [0, 0.05) is 19.8 Å². The van der Waals surface area contributed by atoms with Gasteiger partial charge in [0.05, 0.1) is 6.61 Å². The van der Waals surface area contributed by atoms with Crippen LogP contribution < -0.4 is 0 Å². The number of carbonyl (C=O) groups excluding carboxylic acids is 1. The average molecular weight is 269 g/mol. The number of unbranched alkanes of at least 4 members (excludes halogenated alkanes) is 1. The first-order valence-electron chi connectivity index (χ1n) is 6.85. The Morgan fingerprint density at radius 2 is 1.95 bits per heavy atom. The van der Waals surface area contributed by atoms with Crippen LogP contribution in [0.4, 0.5) is 0 Å². The zero-order valence-electron chi connectivity index (χ0n) is 12.0. The fraction of sp³-hybridized carbons (Fsp3) is 0.769. The van der Waals surface area contributed by atoms with Crippen LogP contribution in [0.3, 0.4) is 0 Å². The van der Waals surface area contributed by atoms with Crippen LogP contribution in [0, 0.1) is 6.92 Å². The number of nitrogens with zero attached hydrogens (tertiary/aromatic N) is 3. The summed E-state index contributed by atoms with van der Waals surface area (Å²) < 4.78 is 12.2. The minimum absolute atomic E-state index is 0.271. The minimum Gasteiger partial charge on any atom is -0.460 e. The molecule has 19 heavy (non-hydrogen) atoms. The summed E-state index contributed by atoms with van der Waals surface area (Å²) in [7, 11) is 0. The molecule has 0 spiro atoms. The van der Waals surface area contributed by atoms with Gasteiger partial charge < -0.3 is 14.0 Å². The molecule has 0 radical (unpaired) electrons. The van der Waals surface area contributed by atoms with E-state index in [4.69, 9.17) is 9.47 Å². The molecule has 0 fully saturated rings. The van der Waals surface area contributed by atoms with E-state index in [1.165, 1.54) is 0 Å². The third kappa shape index (κ3) is 4.98. The molecule has 108 valence electrons. The molecule has 1 aromatic heterocycles. The van der Waals surface area contributed by atoms with E-state index in [9.17, 15) is 4.79 Å². The summed E-state index contributed by atoms with van der Waals surface area (Å²) in [5.41, 5.74) is 0. The zero-order valence-corrected chi connectivity index (χ0v) is 12.0. The molecule has 1 heterocycles. The summed E-state index contributed by atoms with van der Waals surface area (Å²) >= 11 is 0. The van der Waals surface area contributed by atoms with Gasteiger partial charge in [-0.3, -0.25) is 0 Å². The largest absolute Gasteiger partial charge is 0.460 e. The van der Waals surface area contributed by atoms with Gasteiger partial charge in [0.2, 0.25) is 5.82 Å². The lowest BCUT2D eigenvalue weighted by atomic mass is 10.3. The zero-order chi connectivity index (χ0) is 14.1. The minimum atomic E-state index is -0.421. The summed E-state index contributed by atoms with van der Waals surface area (Å²) in [6, 6.07) is 0. The molecule has 0 amide bonds. The number of aromatic nitrogens is 3. The smallest absolute Gasteiger partial charge is 0.376 e. The molecule has 6 nitrogen and oxygen atoms in total. The monoisotopic (exact) mass is 269 g/mol. The van der Waals surface area contributed by atoms with Gasteiger partial charge in [-0.25, -0.2) is 4.79 Å². The van der Waals surface area contributed by atoms with E-state index in [1.807, 2.05) is 6.92 Å². The number of hydrogen-bond acceptors (Lipinski definition) is 5. The van der Waals surface area contributed by atoms with Crippen molar-refractivity contribution in [3.8, 4) is 0 Å². The number of esters is 1. The Morgan fingerprint density at radius 1 is 1.21 bits per heavy atom. The van der Waals surface area contributed by atoms with Gasteiger partial charge in [0.1, 0.15) is 5.82 Å². The summed E-state index contributed by atoms with van der Waals surface area (Å²) in [5, 5.41) is 7.78. The van der Waals surface area contributed by atoms with Gasteiger partial charge in [0.15, 0.2) is 0 Å². The second-order valence-corrected chi connectivity index (χ2v) is 4.26.